The van der Waals surface area contributed by atoms with Gasteiger partial charge in [-0.05, 0) is 56.2 Å². The predicted molar refractivity (Wildman–Crippen MR) is 79.3 cm³/mol. The number of hydrogen-bond acceptors (Lipinski definition) is 4. The second-order valence-electron chi connectivity index (χ2n) is 5.88. The van der Waals surface area contributed by atoms with E-state index in [1.807, 2.05) is 13.0 Å². The van der Waals surface area contributed by atoms with Gasteiger partial charge < -0.3 is 10.4 Å². The molecule has 21 heavy (non-hydrogen) atoms. The van der Waals surface area contributed by atoms with Gasteiger partial charge in [-0.3, -0.25) is 4.79 Å². The van der Waals surface area contributed by atoms with E-state index in [1.165, 1.54) is 0 Å². The molecule has 1 saturated carbocycles. The number of hydrogen-bond donors (Lipinski definition) is 2. The standard InChI is InChI=1S/C15H20N4O2/c1-10-6-13(19-14(7-10)17-9-18-19)16-8-11-2-4-12(5-3-11)15(20)21/h6-7,9,11-12,16H,2-5,8H2,1H3,(H,20,21). The molecule has 6 heteroatoms. The third-order valence-corrected chi connectivity index (χ3v) is 4.29. The molecule has 1 aliphatic carbocycles. The van der Waals surface area contributed by atoms with Gasteiger partial charge in [0.15, 0.2) is 5.65 Å². The Bertz CT molecular complexity index is 644. The van der Waals surface area contributed by atoms with Crippen LogP contribution >= 0.6 is 0 Å². The summed E-state index contributed by atoms with van der Waals surface area (Å²) in [7, 11) is 0. The Morgan fingerprint density at radius 1 is 1.38 bits per heavy atom. The van der Waals surface area contributed by atoms with Crippen LogP contribution in [0.5, 0.6) is 0 Å². The number of rotatable bonds is 4. The van der Waals surface area contributed by atoms with E-state index in [1.54, 1.807) is 10.8 Å². The van der Waals surface area contributed by atoms with Crippen molar-refractivity contribution >= 4 is 17.4 Å². The molecular weight excluding hydrogens is 268 g/mol. The van der Waals surface area contributed by atoms with Crippen molar-refractivity contribution in [3.63, 3.8) is 0 Å². The number of carboxylic acid groups (broad SMARTS) is 1. The lowest BCUT2D eigenvalue weighted by molar-refractivity contribution is -0.143. The van der Waals surface area contributed by atoms with Gasteiger partial charge >= 0.3 is 5.97 Å². The maximum Gasteiger partial charge on any atom is 0.306 e. The van der Waals surface area contributed by atoms with Crippen molar-refractivity contribution in [2.45, 2.75) is 32.6 Å². The Morgan fingerprint density at radius 2 is 2.14 bits per heavy atom. The molecule has 0 bridgehead atoms. The fourth-order valence-electron chi connectivity index (χ4n) is 3.04. The molecule has 2 aromatic heterocycles. The molecule has 0 spiro atoms. The summed E-state index contributed by atoms with van der Waals surface area (Å²) in [5.74, 6) is 0.675. The van der Waals surface area contributed by atoms with Gasteiger partial charge in [0.25, 0.3) is 0 Å². The molecule has 0 aromatic carbocycles. The highest BCUT2D eigenvalue weighted by molar-refractivity contribution is 5.70. The first-order chi connectivity index (χ1) is 10.1. The van der Waals surface area contributed by atoms with E-state index in [0.29, 0.717) is 5.92 Å². The van der Waals surface area contributed by atoms with Crippen LogP contribution in [-0.4, -0.2) is 32.2 Å². The minimum atomic E-state index is -0.649. The monoisotopic (exact) mass is 288 g/mol. The summed E-state index contributed by atoms with van der Waals surface area (Å²) in [6.07, 6.45) is 5.06. The maximum atomic E-state index is 11.0. The van der Waals surface area contributed by atoms with Gasteiger partial charge in [0, 0.05) is 6.54 Å². The Labute approximate surface area is 123 Å². The molecule has 3 rings (SSSR count). The first kappa shape index (κ1) is 13.9. The topological polar surface area (TPSA) is 79.5 Å². The summed E-state index contributed by atoms with van der Waals surface area (Å²) < 4.78 is 1.80. The summed E-state index contributed by atoms with van der Waals surface area (Å²) >= 11 is 0. The van der Waals surface area contributed by atoms with Crippen LogP contribution in [0.2, 0.25) is 0 Å². The highest BCUT2D eigenvalue weighted by Gasteiger charge is 2.25. The molecule has 2 N–H and O–H groups in total. The molecule has 6 nitrogen and oxygen atoms in total. The normalized spacial score (nSPS) is 22.3. The van der Waals surface area contributed by atoms with Crippen molar-refractivity contribution in [3.05, 3.63) is 24.0 Å². The van der Waals surface area contributed by atoms with E-state index < -0.39 is 5.97 Å². The summed E-state index contributed by atoms with van der Waals surface area (Å²) in [6, 6.07) is 4.06. The molecule has 112 valence electrons. The minimum Gasteiger partial charge on any atom is -0.481 e. The summed E-state index contributed by atoms with van der Waals surface area (Å²) in [4.78, 5) is 15.2. The number of carboxylic acids is 1. The van der Waals surface area contributed by atoms with E-state index in [2.05, 4.69) is 21.5 Å². The zero-order valence-electron chi connectivity index (χ0n) is 12.1. The fraction of sp³-hybridized carbons (Fsp3) is 0.533. The van der Waals surface area contributed by atoms with Crippen LogP contribution in [0.4, 0.5) is 5.82 Å². The van der Waals surface area contributed by atoms with Crippen LogP contribution in [0.25, 0.3) is 5.65 Å². The molecule has 1 aliphatic rings. The molecule has 2 heterocycles. The average molecular weight is 288 g/mol. The highest BCUT2D eigenvalue weighted by Crippen LogP contribution is 2.29. The highest BCUT2D eigenvalue weighted by atomic mass is 16.4. The average Bonchev–Trinajstić information content (AvgIpc) is 2.93. The van der Waals surface area contributed by atoms with Gasteiger partial charge in [0.1, 0.15) is 12.1 Å². The number of nitrogens with zero attached hydrogens (tertiary/aromatic N) is 3. The number of aromatic nitrogens is 3. The van der Waals surface area contributed by atoms with E-state index in [-0.39, 0.29) is 5.92 Å². The SMILES string of the molecule is Cc1cc(NCC2CCC(C(=O)O)CC2)n2ncnc2c1. The van der Waals surface area contributed by atoms with Crippen molar-refractivity contribution in [2.75, 3.05) is 11.9 Å². The maximum absolute atomic E-state index is 11.0. The molecule has 0 atom stereocenters. The Morgan fingerprint density at radius 3 is 2.86 bits per heavy atom. The van der Waals surface area contributed by atoms with Gasteiger partial charge in [0.2, 0.25) is 0 Å². The van der Waals surface area contributed by atoms with Gasteiger partial charge in [-0.2, -0.15) is 9.61 Å². The number of aliphatic carboxylic acids is 1. The quantitative estimate of drug-likeness (QED) is 0.902. The van der Waals surface area contributed by atoms with Crippen molar-refractivity contribution in [2.24, 2.45) is 11.8 Å². The first-order valence-electron chi connectivity index (χ1n) is 7.40. The van der Waals surface area contributed by atoms with E-state index in [4.69, 9.17) is 5.11 Å². The van der Waals surface area contributed by atoms with Crippen molar-refractivity contribution in [3.8, 4) is 0 Å². The molecule has 1 fully saturated rings. The number of anilines is 1. The van der Waals surface area contributed by atoms with Gasteiger partial charge in [-0.25, -0.2) is 4.98 Å². The van der Waals surface area contributed by atoms with Crippen LogP contribution in [0.3, 0.4) is 0 Å². The Kier molecular flexibility index (Phi) is 3.77. The van der Waals surface area contributed by atoms with Crippen LogP contribution in [0.1, 0.15) is 31.2 Å². The molecule has 0 aliphatic heterocycles. The minimum absolute atomic E-state index is 0.151. The zero-order chi connectivity index (χ0) is 14.8. The van der Waals surface area contributed by atoms with Crippen LogP contribution < -0.4 is 5.32 Å². The van der Waals surface area contributed by atoms with Crippen molar-refractivity contribution < 1.29 is 9.90 Å². The lowest BCUT2D eigenvalue weighted by Gasteiger charge is -2.26. The summed E-state index contributed by atoms with van der Waals surface area (Å²) in [5.41, 5.74) is 1.99. The fourth-order valence-corrected chi connectivity index (χ4v) is 3.04. The summed E-state index contributed by atoms with van der Waals surface area (Å²) in [5, 5.41) is 16.7. The van der Waals surface area contributed by atoms with Crippen molar-refractivity contribution in [1.82, 2.24) is 14.6 Å². The van der Waals surface area contributed by atoms with Crippen LogP contribution in [0, 0.1) is 18.8 Å². The molecule has 2 aromatic rings. The van der Waals surface area contributed by atoms with Gasteiger partial charge in [-0.15, -0.1) is 0 Å². The van der Waals surface area contributed by atoms with E-state index in [9.17, 15) is 4.79 Å². The Hall–Kier alpha value is -2.11. The number of nitrogens with one attached hydrogen (secondary N) is 1. The van der Waals surface area contributed by atoms with E-state index in [0.717, 1.165) is 49.3 Å². The number of pyridine rings is 1. The third kappa shape index (κ3) is 2.99. The molecule has 0 saturated heterocycles. The van der Waals surface area contributed by atoms with Crippen molar-refractivity contribution in [1.29, 1.82) is 0 Å². The second kappa shape index (κ2) is 5.71. The van der Waals surface area contributed by atoms with Gasteiger partial charge in [-0.1, -0.05) is 0 Å². The zero-order valence-corrected chi connectivity index (χ0v) is 12.1. The third-order valence-electron chi connectivity index (χ3n) is 4.29. The number of aryl methyl sites for hydroxylation is 1. The first-order valence-corrected chi connectivity index (χ1v) is 7.40. The molecule has 0 amide bonds. The lowest BCUT2D eigenvalue weighted by atomic mass is 9.82. The van der Waals surface area contributed by atoms with Gasteiger partial charge in [0.05, 0.1) is 5.92 Å². The van der Waals surface area contributed by atoms with E-state index >= 15 is 0 Å². The lowest BCUT2D eigenvalue weighted by Crippen LogP contribution is -2.25. The summed E-state index contributed by atoms with van der Waals surface area (Å²) in [6.45, 7) is 2.89. The smallest absolute Gasteiger partial charge is 0.306 e. The van der Waals surface area contributed by atoms with Crippen LogP contribution in [-0.2, 0) is 4.79 Å². The Balaban J connectivity index is 1.62. The molecule has 0 unspecified atom stereocenters. The van der Waals surface area contributed by atoms with Crippen LogP contribution in [0.15, 0.2) is 18.5 Å². The molecule has 0 radical (unpaired) electrons. The number of fused-ring (bicyclic) bond motifs is 1. The number of carbonyl (C=O) groups is 1. The largest absolute Gasteiger partial charge is 0.481 e. The predicted octanol–water partition coefficient (Wildman–Crippen LogP) is 2.34. The molecular formula is C15H20N4O2. The second-order valence-corrected chi connectivity index (χ2v) is 5.88.